The largest absolute Gasteiger partial charge is 0.496 e. The van der Waals surface area contributed by atoms with Crippen LogP contribution in [0.2, 0.25) is 0 Å². The number of benzene rings is 1. The summed E-state index contributed by atoms with van der Waals surface area (Å²) in [5.74, 6) is 2.67. The number of nitrogens with one attached hydrogen (secondary N) is 2. The number of methoxy groups -OCH3 is 3. The average molecular weight is 456 g/mol. The van der Waals surface area contributed by atoms with Crippen molar-refractivity contribution in [2.45, 2.75) is 11.4 Å². The van der Waals surface area contributed by atoms with Crippen LogP contribution in [-0.2, 0) is 16.6 Å². The van der Waals surface area contributed by atoms with Gasteiger partial charge >= 0.3 is 0 Å². The molecule has 1 aliphatic rings. The van der Waals surface area contributed by atoms with E-state index < -0.39 is 15.9 Å². The molecule has 9 nitrogen and oxygen atoms in total. The van der Waals surface area contributed by atoms with E-state index in [2.05, 4.69) is 10.3 Å². The highest BCUT2D eigenvalue weighted by molar-refractivity contribution is 7.99. The van der Waals surface area contributed by atoms with Gasteiger partial charge in [0.15, 0.2) is 0 Å². The number of ether oxygens (including phenoxy) is 3. The van der Waals surface area contributed by atoms with E-state index in [1.54, 1.807) is 23.9 Å². The van der Waals surface area contributed by atoms with Gasteiger partial charge in [0.05, 0.1) is 33.4 Å². The van der Waals surface area contributed by atoms with Gasteiger partial charge in [-0.05, 0) is 6.07 Å². The zero-order chi connectivity index (χ0) is 21.7. The van der Waals surface area contributed by atoms with Crippen molar-refractivity contribution in [1.82, 2.24) is 14.6 Å². The molecule has 11 heteroatoms. The first kappa shape index (κ1) is 22.3. The second-order valence-electron chi connectivity index (χ2n) is 6.46. The number of carbonyl (C=O) groups excluding carboxylic acids is 1. The minimum Gasteiger partial charge on any atom is -0.496 e. The van der Waals surface area contributed by atoms with Crippen LogP contribution >= 0.6 is 11.8 Å². The SMILES string of the molecule is COc1cc(OC)c(CNC(=O)c2cc(S(=O)(=O)N3CCSCC3)c[nH]2)c(OC)c1. The normalized spacial score (nSPS) is 14.9. The monoisotopic (exact) mass is 455 g/mol. The van der Waals surface area contributed by atoms with E-state index in [9.17, 15) is 13.2 Å². The molecule has 0 atom stereocenters. The third kappa shape index (κ3) is 4.68. The molecule has 2 aromatic rings. The molecule has 0 saturated carbocycles. The minimum absolute atomic E-state index is 0.0826. The van der Waals surface area contributed by atoms with Crippen molar-refractivity contribution in [3.63, 3.8) is 0 Å². The summed E-state index contributed by atoms with van der Waals surface area (Å²) in [5, 5.41) is 2.76. The van der Waals surface area contributed by atoms with E-state index in [1.807, 2.05) is 0 Å². The van der Waals surface area contributed by atoms with Crippen LogP contribution in [0, 0.1) is 0 Å². The highest BCUT2D eigenvalue weighted by Crippen LogP contribution is 2.34. The third-order valence-electron chi connectivity index (χ3n) is 4.75. The van der Waals surface area contributed by atoms with E-state index in [0.717, 1.165) is 11.5 Å². The summed E-state index contributed by atoms with van der Waals surface area (Å²) in [6.07, 6.45) is 1.35. The number of rotatable bonds is 8. The maximum absolute atomic E-state index is 12.7. The Morgan fingerprint density at radius 3 is 2.30 bits per heavy atom. The van der Waals surface area contributed by atoms with Gasteiger partial charge in [-0.1, -0.05) is 0 Å². The lowest BCUT2D eigenvalue weighted by Gasteiger charge is -2.24. The van der Waals surface area contributed by atoms with Gasteiger partial charge in [-0.25, -0.2) is 8.42 Å². The lowest BCUT2D eigenvalue weighted by Crippen LogP contribution is -2.37. The number of H-pyrrole nitrogens is 1. The predicted molar refractivity (Wildman–Crippen MR) is 114 cm³/mol. The maximum Gasteiger partial charge on any atom is 0.268 e. The van der Waals surface area contributed by atoms with Crippen LogP contribution in [0.3, 0.4) is 0 Å². The number of carbonyl (C=O) groups is 1. The summed E-state index contributed by atoms with van der Waals surface area (Å²) in [4.78, 5) is 15.4. The van der Waals surface area contributed by atoms with E-state index in [0.29, 0.717) is 35.9 Å². The molecular formula is C19H25N3O6S2. The average Bonchev–Trinajstić information content (AvgIpc) is 3.28. The Hall–Kier alpha value is -2.37. The Morgan fingerprint density at radius 2 is 1.73 bits per heavy atom. The molecule has 0 aliphatic carbocycles. The summed E-state index contributed by atoms with van der Waals surface area (Å²) >= 11 is 1.73. The number of hydrogen-bond donors (Lipinski definition) is 2. The van der Waals surface area contributed by atoms with Crippen LogP contribution in [0.25, 0.3) is 0 Å². The first-order chi connectivity index (χ1) is 14.4. The van der Waals surface area contributed by atoms with Crippen LogP contribution < -0.4 is 19.5 Å². The Labute approximate surface area is 180 Å². The van der Waals surface area contributed by atoms with E-state index in [1.165, 1.54) is 37.9 Å². The smallest absolute Gasteiger partial charge is 0.268 e. The number of aromatic nitrogens is 1. The first-order valence-corrected chi connectivity index (χ1v) is 11.8. The fourth-order valence-corrected chi connectivity index (χ4v) is 5.68. The summed E-state index contributed by atoms with van der Waals surface area (Å²) in [5.41, 5.74) is 0.797. The van der Waals surface area contributed by atoms with Gasteiger partial charge in [-0.15, -0.1) is 0 Å². The molecule has 0 spiro atoms. The van der Waals surface area contributed by atoms with Crippen LogP contribution in [0.1, 0.15) is 16.1 Å². The number of sulfonamides is 1. The van der Waals surface area contributed by atoms with E-state index in [4.69, 9.17) is 14.2 Å². The molecule has 1 fully saturated rings. The van der Waals surface area contributed by atoms with Crippen LogP contribution in [0.15, 0.2) is 29.3 Å². The van der Waals surface area contributed by atoms with Crippen LogP contribution in [0.4, 0.5) is 0 Å². The van der Waals surface area contributed by atoms with E-state index >= 15 is 0 Å². The molecule has 0 unspecified atom stereocenters. The predicted octanol–water partition coefficient (Wildman–Crippen LogP) is 1.71. The molecule has 1 aromatic heterocycles. The van der Waals surface area contributed by atoms with Crippen molar-refractivity contribution in [3.05, 3.63) is 35.7 Å². The molecule has 0 radical (unpaired) electrons. The molecule has 2 N–H and O–H groups in total. The summed E-state index contributed by atoms with van der Waals surface area (Å²) in [7, 11) is 0.950. The number of thioether (sulfide) groups is 1. The molecular weight excluding hydrogens is 430 g/mol. The number of hydrogen-bond acceptors (Lipinski definition) is 7. The van der Waals surface area contributed by atoms with Crippen molar-refractivity contribution in [2.75, 3.05) is 45.9 Å². The topological polar surface area (TPSA) is 110 Å². The fraction of sp³-hybridized carbons (Fsp3) is 0.421. The Morgan fingerprint density at radius 1 is 1.10 bits per heavy atom. The molecule has 0 bridgehead atoms. The lowest BCUT2D eigenvalue weighted by molar-refractivity contribution is 0.0946. The lowest BCUT2D eigenvalue weighted by atomic mass is 10.1. The molecule has 164 valence electrons. The number of amides is 1. The Balaban J connectivity index is 1.74. The summed E-state index contributed by atoms with van der Waals surface area (Å²) in [6.45, 7) is 1.06. The molecule has 1 amide bonds. The fourth-order valence-electron chi connectivity index (χ4n) is 3.11. The van der Waals surface area contributed by atoms with Gasteiger partial charge in [-0.2, -0.15) is 16.1 Å². The van der Waals surface area contributed by atoms with Crippen molar-refractivity contribution in [2.24, 2.45) is 0 Å². The van der Waals surface area contributed by atoms with Gasteiger partial charge in [0.2, 0.25) is 10.0 Å². The number of nitrogens with zero attached hydrogens (tertiary/aromatic N) is 1. The van der Waals surface area contributed by atoms with Gasteiger partial charge in [-0.3, -0.25) is 4.79 Å². The Kier molecular flexibility index (Phi) is 7.16. The van der Waals surface area contributed by atoms with Crippen LogP contribution in [-0.4, -0.2) is 69.5 Å². The maximum atomic E-state index is 12.7. The zero-order valence-electron chi connectivity index (χ0n) is 17.1. The molecule has 1 aliphatic heterocycles. The Bertz CT molecular complexity index is 974. The minimum atomic E-state index is -3.62. The third-order valence-corrected chi connectivity index (χ3v) is 7.57. The summed E-state index contributed by atoms with van der Waals surface area (Å²) in [6, 6.07) is 4.75. The number of aromatic amines is 1. The second kappa shape index (κ2) is 9.63. The first-order valence-electron chi connectivity index (χ1n) is 9.24. The second-order valence-corrected chi connectivity index (χ2v) is 9.62. The highest BCUT2D eigenvalue weighted by Gasteiger charge is 2.28. The molecule has 30 heavy (non-hydrogen) atoms. The summed E-state index contributed by atoms with van der Waals surface area (Å²) < 4.78 is 42.9. The molecule has 1 saturated heterocycles. The molecule has 1 aromatic carbocycles. The van der Waals surface area contributed by atoms with Crippen molar-refractivity contribution in [1.29, 1.82) is 0 Å². The van der Waals surface area contributed by atoms with Crippen molar-refractivity contribution >= 4 is 27.7 Å². The van der Waals surface area contributed by atoms with Crippen LogP contribution in [0.5, 0.6) is 17.2 Å². The van der Waals surface area contributed by atoms with Gasteiger partial charge in [0, 0.05) is 42.9 Å². The van der Waals surface area contributed by atoms with Crippen molar-refractivity contribution in [3.8, 4) is 17.2 Å². The van der Waals surface area contributed by atoms with E-state index in [-0.39, 0.29) is 17.1 Å². The highest BCUT2D eigenvalue weighted by atomic mass is 32.2. The standard InChI is InChI=1S/C19H25N3O6S2/c1-26-13-8-17(27-2)15(18(9-13)28-3)12-21-19(23)16-10-14(11-20-16)30(24,25)22-4-6-29-7-5-22/h8-11,20H,4-7,12H2,1-3H3,(H,21,23). The zero-order valence-corrected chi connectivity index (χ0v) is 18.7. The van der Waals surface area contributed by atoms with Gasteiger partial charge in [0.1, 0.15) is 27.8 Å². The molecule has 2 heterocycles. The quantitative estimate of drug-likeness (QED) is 0.623. The van der Waals surface area contributed by atoms with Crippen molar-refractivity contribution < 1.29 is 27.4 Å². The van der Waals surface area contributed by atoms with Gasteiger partial charge in [0.25, 0.3) is 5.91 Å². The van der Waals surface area contributed by atoms with Gasteiger partial charge < -0.3 is 24.5 Å². The molecule has 3 rings (SSSR count).